The summed E-state index contributed by atoms with van der Waals surface area (Å²) in [6, 6.07) is 12.5. The highest BCUT2D eigenvalue weighted by atomic mass is 16.1. The number of aromatic nitrogens is 1. The van der Waals surface area contributed by atoms with Crippen LogP contribution >= 0.6 is 0 Å². The van der Waals surface area contributed by atoms with Crippen molar-refractivity contribution in [3.05, 3.63) is 63.9 Å². The molecule has 0 saturated heterocycles. The topological polar surface area (TPSA) is 91.1 Å². The third-order valence-electron chi connectivity index (χ3n) is 3.87. The summed E-state index contributed by atoms with van der Waals surface area (Å²) in [6.45, 7) is 3.28. The Kier molecular flexibility index (Phi) is 3.41. The largest absolute Gasteiger partial charge is 0.399 e. The highest BCUT2D eigenvalue weighted by Gasteiger charge is 2.19. The highest BCUT2D eigenvalue weighted by molar-refractivity contribution is 6.06. The molecule has 0 aliphatic carbocycles. The zero-order valence-corrected chi connectivity index (χ0v) is 13.0. The monoisotopic (exact) mass is 307 g/mol. The number of anilines is 2. The van der Waals surface area contributed by atoms with Crippen molar-refractivity contribution in [3.63, 3.8) is 0 Å². The summed E-state index contributed by atoms with van der Waals surface area (Å²) < 4.78 is 1.51. The maximum absolute atomic E-state index is 12.9. The van der Waals surface area contributed by atoms with Gasteiger partial charge in [0.25, 0.3) is 5.56 Å². The molecule has 0 spiro atoms. The fraction of sp³-hybridized carbons (Fsp3) is 0.111. The molecule has 0 fully saturated rings. The van der Waals surface area contributed by atoms with Crippen LogP contribution in [0.5, 0.6) is 0 Å². The van der Waals surface area contributed by atoms with Crippen LogP contribution in [0.4, 0.5) is 11.4 Å². The highest BCUT2D eigenvalue weighted by Crippen LogP contribution is 2.26. The minimum absolute atomic E-state index is 0.0122. The maximum atomic E-state index is 12.9. The molecule has 0 aliphatic rings. The Hall–Kier alpha value is -3.08. The van der Waals surface area contributed by atoms with E-state index in [9.17, 15) is 9.59 Å². The van der Waals surface area contributed by atoms with Crippen molar-refractivity contribution in [2.75, 3.05) is 11.5 Å². The predicted octanol–water partition coefficient (Wildman–Crippen LogP) is 2.67. The molecule has 0 aliphatic heterocycles. The molecule has 0 radical (unpaired) electrons. The molecule has 0 saturated carbocycles. The van der Waals surface area contributed by atoms with Crippen molar-refractivity contribution < 1.29 is 4.79 Å². The molecule has 4 N–H and O–H groups in total. The molecule has 0 amide bonds. The molecule has 0 unspecified atom stereocenters. The number of nitrogens with two attached hydrogens (primary N) is 2. The van der Waals surface area contributed by atoms with Gasteiger partial charge < -0.3 is 11.5 Å². The zero-order chi connectivity index (χ0) is 16.7. The second-order valence-electron chi connectivity index (χ2n) is 5.60. The van der Waals surface area contributed by atoms with E-state index in [1.807, 2.05) is 25.1 Å². The van der Waals surface area contributed by atoms with Gasteiger partial charge in [-0.15, -0.1) is 0 Å². The molecule has 1 heterocycles. The Balaban J connectivity index is 2.52. The fourth-order valence-electron chi connectivity index (χ4n) is 2.75. The van der Waals surface area contributed by atoms with E-state index in [1.54, 1.807) is 24.3 Å². The van der Waals surface area contributed by atoms with Crippen LogP contribution in [0.1, 0.15) is 22.8 Å². The molecular formula is C18H17N3O2. The molecule has 116 valence electrons. The first kappa shape index (κ1) is 14.8. The van der Waals surface area contributed by atoms with Gasteiger partial charge in [0.1, 0.15) is 5.56 Å². The molecule has 1 aromatic heterocycles. The van der Waals surface area contributed by atoms with Crippen LogP contribution in [0, 0.1) is 6.92 Å². The second-order valence-corrected chi connectivity index (χ2v) is 5.60. The van der Waals surface area contributed by atoms with Crippen LogP contribution in [0.25, 0.3) is 16.6 Å². The third-order valence-corrected chi connectivity index (χ3v) is 3.87. The lowest BCUT2D eigenvalue weighted by molar-refractivity contribution is 0.101. The number of ketones is 1. The number of nitrogens with zero attached hydrogens (tertiary/aromatic N) is 1. The number of benzene rings is 2. The van der Waals surface area contributed by atoms with Gasteiger partial charge in [-0.25, -0.2) is 0 Å². The van der Waals surface area contributed by atoms with E-state index in [0.717, 1.165) is 5.56 Å². The minimum atomic E-state index is -0.419. The van der Waals surface area contributed by atoms with Crippen molar-refractivity contribution in [1.82, 2.24) is 4.57 Å². The molecule has 2 aromatic carbocycles. The van der Waals surface area contributed by atoms with Crippen LogP contribution < -0.4 is 17.0 Å². The molecule has 0 bridgehead atoms. The Morgan fingerprint density at radius 1 is 1.04 bits per heavy atom. The molecule has 3 aromatic rings. The molecule has 5 heteroatoms. The summed E-state index contributed by atoms with van der Waals surface area (Å²) in [4.78, 5) is 24.8. The second kappa shape index (κ2) is 5.28. The lowest BCUT2D eigenvalue weighted by Crippen LogP contribution is -2.26. The Morgan fingerprint density at radius 3 is 2.30 bits per heavy atom. The summed E-state index contributed by atoms with van der Waals surface area (Å²) in [5, 5.41) is 0.678. The maximum Gasteiger partial charge on any atom is 0.268 e. The Bertz CT molecular complexity index is 986. The van der Waals surface area contributed by atoms with Crippen LogP contribution in [0.15, 0.2) is 47.3 Å². The van der Waals surface area contributed by atoms with Crippen molar-refractivity contribution in [2.45, 2.75) is 13.8 Å². The first-order valence-electron chi connectivity index (χ1n) is 7.22. The van der Waals surface area contributed by atoms with Crippen molar-refractivity contribution in [2.24, 2.45) is 0 Å². The summed E-state index contributed by atoms with van der Waals surface area (Å²) in [7, 11) is 0. The predicted molar refractivity (Wildman–Crippen MR) is 93.1 cm³/mol. The number of Topliss-reactive ketones (excluding diaryl/α,β-unsaturated/α-hetero) is 1. The van der Waals surface area contributed by atoms with Gasteiger partial charge in [-0.3, -0.25) is 14.2 Å². The van der Waals surface area contributed by atoms with Crippen molar-refractivity contribution in [1.29, 1.82) is 0 Å². The first-order valence-corrected chi connectivity index (χ1v) is 7.22. The number of nitrogen functional groups attached to an aromatic ring is 2. The third kappa shape index (κ3) is 2.36. The zero-order valence-electron chi connectivity index (χ0n) is 13.0. The quantitative estimate of drug-likeness (QED) is 0.562. The summed E-state index contributed by atoms with van der Waals surface area (Å²) >= 11 is 0. The molecule has 23 heavy (non-hydrogen) atoms. The van der Waals surface area contributed by atoms with E-state index in [2.05, 4.69) is 0 Å². The number of hydrogen-bond donors (Lipinski definition) is 2. The number of rotatable bonds is 2. The SMILES string of the molecule is CC(=O)c1c(N)c2ccc(C)cc2n(-c2ccc(N)cc2)c1=O. The van der Waals surface area contributed by atoms with Gasteiger partial charge >= 0.3 is 0 Å². The lowest BCUT2D eigenvalue weighted by atomic mass is 10.0. The van der Waals surface area contributed by atoms with Crippen LogP contribution in [-0.2, 0) is 0 Å². The Labute approximate surface area is 133 Å². The summed E-state index contributed by atoms with van der Waals surface area (Å²) in [5.74, 6) is -0.348. The van der Waals surface area contributed by atoms with Gasteiger partial charge in [-0.1, -0.05) is 12.1 Å². The van der Waals surface area contributed by atoms with E-state index < -0.39 is 5.56 Å². The van der Waals surface area contributed by atoms with Gasteiger partial charge in [-0.2, -0.15) is 0 Å². The molecule has 5 nitrogen and oxygen atoms in total. The standard InChI is InChI=1S/C18H17N3O2/c1-10-3-8-14-15(9-10)21(13-6-4-12(19)5-7-13)18(23)16(11(2)22)17(14)20/h3-9H,19-20H2,1-2H3. The van der Waals surface area contributed by atoms with Crippen LogP contribution in [0.3, 0.4) is 0 Å². The number of aryl methyl sites for hydroxylation is 1. The number of hydrogen-bond acceptors (Lipinski definition) is 4. The normalized spacial score (nSPS) is 10.9. The smallest absolute Gasteiger partial charge is 0.268 e. The number of fused-ring (bicyclic) bond motifs is 1. The molecule has 0 atom stereocenters. The van der Waals surface area contributed by atoms with E-state index >= 15 is 0 Å². The number of carbonyl (C=O) groups excluding carboxylic acids is 1. The van der Waals surface area contributed by atoms with Gasteiger partial charge in [0.05, 0.1) is 11.2 Å². The number of pyridine rings is 1. The fourth-order valence-corrected chi connectivity index (χ4v) is 2.75. The van der Waals surface area contributed by atoms with E-state index in [-0.39, 0.29) is 17.0 Å². The summed E-state index contributed by atoms with van der Waals surface area (Å²) in [5.41, 5.74) is 14.5. The van der Waals surface area contributed by atoms with E-state index in [4.69, 9.17) is 11.5 Å². The van der Waals surface area contributed by atoms with Crippen LogP contribution in [-0.4, -0.2) is 10.4 Å². The lowest BCUT2D eigenvalue weighted by Gasteiger charge is -2.15. The summed E-state index contributed by atoms with van der Waals surface area (Å²) in [6.07, 6.45) is 0. The van der Waals surface area contributed by atoms with Gasteiger partial charge in [0.15, 0.2) is 5.78 Å². The molecule has 3 rings (SSSR count). The van der Waals surface area contributed by atoms with Gasteiger partial charge in [-0.05, 0) is 49.7 Å². The average Bonchev–Trinajstić information content (AvgIpc) is 2.48. The van der Waals surface area contributed by atoms with Crippen molar-refractivity contribution in [3.8, 4) is 5.69 Å². The number of carbonyl (C=O) groups is 1. The van der Waals surface area contributed by atoms with Gasteiger partial charge in [0, 0.05) is 16.8 Å². The van der Waals surface area contributed by atoms with Gasteiger partial charge in [0.2, 0.25) is 0 Å². The van der Waals surface area contributed by atoms with E-state index in [0.29, 0.717) is 22.3 Å². The first-order chi connectivity index (χ1) is 10.9. The van der Waals surface area contributed by atoms with Crippen molar-refractivity contribution >= 4 is 28.1 Å². The van der Waals surface area contributed by atoms with Crippen LogP contribution in [0.2, 0.25) is 0 Å². The van der Waals surface area contributed by atoms with E-state index in [1.165, 1.54) is 11.5 Å². The average molecular weight is 307 g/mol. The minimum Gasteiger partial charge on any atom is -0.399 e. The Morgan fingerprint density at radius 2 is 1.70 bits per heavy atom. The molecular weight excluding hydrogens is 290 g/mol.